The maximum atomic E-state index is 12.8. The van der Waals surface area contributed by atoms with Gasteiger partial charge in [-0.2, -0.15) is 0 Å². The average molecular weight is 879 g/mol. The molecule has 0 aromatic heterocycles. The minimum atomic E-state index is -0.809. The zero-order valence-electron chi connectivity index (χ0n) is 41.3. The first-order chi connectivity index (χ1) is 31.0. The molecule has 0 aliphatic rings. The van der Waals surface area contributed by atoms with Gasteiger partial charge in [-0.1, -0.05) is 209 Å². The fourth-order valence-electron chi connectivity index (χ4n) is 7.21. The molecule has 0 saturated carbocycles. The topological polar surface area (TPSA) is 78.9 Å². The van der Waals surface area contributed by atoms with Crippen molar-refractivity contribution in [2.45, 2.75) is 258 Å². The molecule has 0 spiro atoms. The van der Waals surface area contributed by atoms with Crippen molar-refractivity contribution < 1.29 is 28.6 Å². The summed E-state index contributed by atoms with van der Waals surface area (Å²) >= 11 is 0. The summed E-state index contributed by atoms with van der Waals surface area (Å²) in [7, 11) is 0. The highest BCUT2D eigenvalue weighted by atomic mass is 16.6. The summed E-state index contributed by atoms with van der Waals surface area (Å²) in [6.07, 6.45) is 64.7. The van der Waals surface area contributed by atoms with Crippen LogP contribution < -0.4 is 0 Å². The molecule has 0 rings (SSSR count). The monoisotopic (exact) mass is 879 g/mol. The maximum absolute atomic E-state index is 12.8. The van der Waals surface area contributed by atoms with Crippen LogP contribution in [0.25, 0.3) is 0 Å². The normalized spacial score (nSPS) is 12.6. The third-order valence-electron chi connectivity index (χ3n) is 11.2. The van der Waals surface area contributed by atoms with Crippen LogP contribution in [0.3, 0.4) is 0 Å². The first-order valence-corrected chi connectivity index (χ1v) is 26.4. The SMILES string of the molecule is CC/C=C\C/C=C\C/C=C\C/C=C\CCC(=O)OCC(COC(=O)CCCCCCCCC/C=C\CCCCCCCC)OC(=O)CCCCCCC/C=C\CCCCCCCC. The summed E-state index contributed by atoms with van der Waals surface area (Å²) in [6.45, 7) is 6.44. The number of carbonyl (C=O) groups excluding carboxylic acids is 3. The molecule has 0 aromatic rings. The van der Waals surface area contributed by atoms with Crippen LogP contribution in [0, 0.1) is 0 Å². The van der Waals surface area contributed by atoms with Gasteiger partial charge in [0.2, 0.25) is 0 Å². The Bertz CT molecular complexity index is 1190. The van der Waals surface area contributed by atoms with Gasteiger partial charge in [0.15, 0.2) is 6.10 Å². The third-order valence-corrected chi connectivity index (χ3v) is 11.2. The molecule has 0 fully saturated rings. The van der Waals surface area contributed by atoms with Crippen molar-refractivity contribution in [1.29, 1.82) is 0 Å². The second kappa shape index (κ2) is 51.5. The highest BCUT2D eigenvalue weighted by Gasteiger charge is 2.19. The summed E-state index contributed by atoms with van der Waals surface area (Å²) in [5.74, 6) is -0.998. The summed E-state index contributed by atoms with van der Waals surface area (Å²) < 4.78 is 16.7. The Labute approximate surface area is 389 Å². The van der Waals surface area contributed by atoms with Crippen molar-refractivity contribution in [3.05, 3.63) is 72.9 Å². The predicted octanol–water partition coefficient (Wildman–Crippen LogP) is 17.4. The molecular weight excluding hydrogens is 781 g/mol. The van der Waals surface area contributed by atoms with Crippen molar-refractivity contribution in [2.24, 2.45) is 0 Å². The van der Waals surface area contributed by atoms with Gasteiger partial charge < -0.3 is 14.2 Å². The van der Waals surface area contributed by atoms with Crippen molar-refractivity contribution in [2.75, 3.05) is 13.2 Å². The van der Waals surface area contributed by atoms with Gasteiger partial charge in [0.05, 0.1) is 0 Å². The van der Waals surface area contributed by atoms with Crippen LogP contribution in [0.1, 0.15) is 252 Å². The number of carbonyl (C=O) groups is 3. The van der Waals surface area contributed by atoms with E-state index >= 15 is 0 Å². The molecule has 0 bridgehead atoms. The zero-order valence-corrected chi connectivity index (χ0v) is 41.3. The van der Waals surface area contributed by atoms with E-state index in [1.807, 2.05) is 12.2 Å². The van der Waals surface area contributed by atoms with Gasteiger partial charge in [-0.05, 0) is 96.3 Å². The Hall–Kier alpha value is -3.15. The lowest BCUT2D eigenvalue weighted by Crippen LogP contribution is -2.30. The van der Waals surface area contributed by atoms with Crippen LogP contribution in [0.15, 0.2) is 72.9 Å². The molecule has 0 saturated heterocycles. The summed E-state index contributed by atoms with van der Waals surface area (Å²) in [5, 5.41) is 0. The number of ether oxygens (including phenoxy) is 3. The maximum Gasteiger partial charge on any atom is 0.306 e. The van der Waals surface area contributed by atoms with Crippen LogP contribution in [-0.4, -0.2) is 37.2 Å². The van der Waals surface area contributed by atoms with Gasteiger partial charge in [-0.15, -0.1) is 0 Å². The summed E-state index contributed by atoms with van der Waals surface area (Å²) in [4.78, 5) is 38.0. The van der Waals surface area contributed by atoms with Crippen LogP contribution in [0.2, 0.25) is 0 Å². The largest absolute Gasteiger partial charge is 0.462 e. The fraction of sp³-hybridized carbons (Fsp3) is 0.737. The van der Waals surface area contributed by atoms with Crippen molar-refractivity contribution in [1.82, 2.24) is 0 Å². The Balaban J connectivity index is 4.46. The Morgan fingerprint density at radius 3 is 1.06 bits per heavy atom. The Morgan fingerprint density at radius 1 is 0.333 bits per heavy atom. The Kier molecular flexibility index (Phi) is 48.9. The standard InChI is InChI=1S/C57H98O6/c1-4-7-10-13-16-19-22-25-27-28-30-32-35-38-41-44-47-50-56(59)62-53-54(52-61-55(58)49-46-43-40-37-34-31-24-21-18-15-12-9-6-3)63-57(60)51-48-45-42-39-36-33-29-26-23-20-17-14-11-8-5-2/h9,12,18,21,25-27,29,31,34,40,43,54H,4-8,10-11,13-17,19-20,22-24,28,30,32-33,35-39,41-42,44-53H2,1-3H3/b12-9-,21-18-,27-25-,29-26-,34-31-,43-40-. The summed E-state index contributed by atoms with van der Waals surface area (Å²) in [6, 6.07) is 0. The number of esters is 3. The molecule has 1 unspecified atom stereocenters. The first kappa shape index (κ1) is 59.9. The van der Waals surface area contributed by atoms with Crippen molar-refractivity contribution in [3.8, 4) is 0 Å². The van der Waals surface area contributed by atoms with Gasteiger partial charge in [-0.3, -0.25) is 14.4 Å². The van der Waals surface area contributed by atoms with Gasteiger partial charge in [0.25, 0.3) is 0 Å². The van der Waals surface area contributed by atoms with E-state index in [2.05, 4.69) is 81.5 Å². The van der Waals surface area contributed by atoms with Crippen LogP contribution in [0.5, 0.6) is 0 Å². The molecule has 6 heteroatoms. The number of hydrogen-bond acceptors (Lipinski definition) is 6. The van der Waals surface area contributed by atoms with Crippen LogP contribution in [0.4, 0.5) is 0 Å². The van der Waals surface area contributed by atoms with E-state index in [0.29, 0.717) is 19.3 Å². The minimum Gasteiger partial charge on any atom is -0.462 e. The lowest BCUT2D eigenvalue weighted by molar-refractivity contribution is -0.166. The molecule has 6 nitrogen and oxygen atoms in total. The van der Waals surface area contributed by atoms with Gasteiger partial charge in [-0.25, -0.2) is 0 Å². The van der Waals surface area contributed by atoms with E-state index in [4.69, 9.17) is 14.2 Å². The number of unbranched alkanes of at least 4 members (excludes halogenated alkanes) is 24. The van der Waals surface area contributed by atoms with Crippen LogP contribution in [-0.2, 0) is 28.6 Å². The van der Waals surface area contributed by atoms with E-state index in [9.17, 15) is 14.4 Å². The number of hydrogen-bond donors (Lipinski definition) is 0. The second-order valence-corrected chi connectivity index (χ2v) is 17.4. The van der Waals surface area contributed by atoms with Gasteiger partial charge in [0.1, 0.15) is 13.2 Å². The van der Waals surface area contributed by atoms with E-state index in [1.54, 1.807) is 0 Å². The molecule has 0 N–H and O–H groups in total. The smallest absolute Gasteiger partial charge is 0.306 e. The fourth-order valence-corrected chi connectivity index (χ4v) is 7.21. The molecule has 0 amide bonds. The Morgan fingerprint density at radius 2 is 0.651 bits per heavy atom. The van der Waals surface area contributed by atoms with E-state index in [-0.39, 0.29) is 37.5 Å². The molecule has 0 aliphatic heterocycles. The predicted molar refractivity (Wildman–Crippen MR) is 270 cm³/mol. The van der Waals surface area contributed by atoms with Gasteiger partial charge >= 0.3 is 17.9 Å². The zero-order chi connectivity index (χ0) is 45.8. The lowest BCUT2D eigenvalue weighted by Gasteiger charge is -2.18. The highest BCUT2D eigenvalue weighted by Crippen LogP contribution is 2.14. The van der Waals surface area contributed by atoms with Crippen molar-refractivity contribution in [3.63, 3.8) is 0 Å². The average Bonchev–Trinajstić information content (AvgIpc) is 3.28. The van der Waals surface area contributed by atoms with E-state index in [1.165, 1.54) is 128 Å². The molecule has 0 aliphatic carbocycles. The third kappa shape index (κ3) is 49.7. The second-order valence-electron chi connectivity index (χ2n) is 17.4. The molecule has 1 atom stereocenters. The van der Waals surface area contributed by atoms with E-state index in [0.717, 1.165) is 77.0 Å². The van der Waals surface area contributed by atoms with Crippen molar-refractivity contribution >= 4 is 17.9 Å². The molecule has 362 valence electrons. The molecule has 0 heterocycles. The number of allylic oxidation sites excluding steroid dienone is 12. The van der Waals surface area contributed by atoms with Crippen LogP contribution >= 0.6 is 0 Å². The summed E-state index contributed by atoms with van der Waals surface area (Å²) in [5.41, 5.74) is 0. The molecule has 0 radical (unpaired) electrons. The minimum absolute atomic E-state index is 0.103. The first-order valence-electron chi connectivity index (χ1n) is 26.4. The molecule has 63 heavy (non-hydrogen) atoms. The lowest BCUT2D eigenvalue weighted by atomic mass is 10.1. The molecular formula is C57H98O6. The number of rotatable bonds is 47. The molecule has 0 aromatic carbocycles. The quantitative estimate of drug-likeness (QED) is 0.0262. The van der Waals surface area contributed by atoms with E-state index < -0.39 is 6.10 Å². The highest BCUT2D eigenvalue weighted by molar-refractivity contribution is 5.71. The van der Waals surface area contributed by atoms with Gasteiger partial charge in [0, 0.05) is 19.3 Å².